The summed E-state index contributed by atoms with van der Waals surface area (Å²) in [5, 5.41) is 0. The number of phosphoric ester groups is 1. The number of carbonyl (C=O) groups excluding carboxylic acids is 1. The Bertz CT molecular complexity index is 1150. The normalized spacial score (nSPS) is 14.7. The lowest BCUT2D eigenvalue weighted by Crippen LogP contribution is -2.37. The van der Waals surface area contributed by atoms with Gasteiger partial charge in [-0.25, -0.2) is 4.57 Å². The van der Waals surface area contributed by atoms with E-state index in [-0.39, 0.29) is 32.2 Å². The molecule has 0 aromatic rings. The van der Waals surface area contributed by atoms with Crippen LogP contribution in [0, 0.1) is 0 Å². The number of hydrogen-bond donors (Lipinski definition) is 1. The molecule has 0 radical (unpaired) electrons. The molecule has 0 aromatic carbocycles. The molecule has 55 heavy (non-hydrogen) atoms. The predicted octanol–water partition coefficient (Wildman–Crippen LogP) is 12.5. The Hall–Kier alpha value is -2.32. The molecule has 0 aromatic heterocycles. The van der Waals surface area contributed by atoms with E-state index < -0.39 is 13.9 Å². The highest BCUT2D eigenvalue weighted by Gasteiger charge is 2.26. The van der Waals surface area contributed by atoms with Crippen LogP contribution < -0.4 is 0 Å². The molecule has 2 atom stereocenters. The summed E-state index contributed by atoms with van der Waals surface area (Å²) in [6.45, 7) is 5.37. The fourth-order valence-electron chi connectivity index (χ4n) is 5.12. The average molecular weight is 791 g/mol. The van der Waals surface area contributed by atoms with Gasteiger partial charge in [-0.3, -0.25) is 13.8 Å². The van der Waals surface area contributed by atoms with Crippen molar-refractivity contribution < 1.29 is 37.3 Å². The number of phosphoric acid groups is 1. The lowest BCUT2D eigenvalue weighted by atomic mass is 10.1. The molecule has 0 bridgehead atoms. The molecule has 0 aliphatic carbocycles. The number of rotatable bonds is 38. The second kappa shape index (κ2) is 38.5. The summed E-state index contributed by atoms with van der Waals surface area (Å²) in [5.41, 5.74) is 0. The molecule has 316 valence electrons. The second-order valence-corrected chi connectivity index (χ2v) is 16.4. The van der Waals surface area contributed by atoms with Gasteiger partial charge in [0.25, 0.3) is 0 Å². The first-order chi connectivity index (χ1) is 26.6. The van der Waals surface area contributed by atoms with Crippen molar-refractivity contribution in [2.75, 3.05) is 54.1 Å². The van der Waals surface area contributed by atoms with Crippen LogP contribution in [0.15, 0.2) is 85.1 Å². The molecule has 8 nitrogen and oxygen atoms in total. The van der Waals surface area contributed by atoms with Crippen LogP contribution in [0.4, 0.5) is 0 Å². The predicted molar refractivity (Wildman–Crippen MR) is 233 cm³/mol. The largest absolute Gasteiger partial charge is 0.472 e. The van der Waals surface area contributed by atoms with Gasteiger partial charge in [-0.2, -0.15) is 0 Å². The zero-order valence-corrected chi connectivity index (χ0v) is 36.5. The quantitative estimate of drug-likeness (QED) is 0.0219. The molecule has 0 saturated heterocycles. The Balaban J connectivity index is 4.36. The fourth-order valence-corrected chi connectivity index (χ4v) is 5.86. The minimum atomic E-state index is -4.29. The number of unbranched alkanes of at least 4 members (excludes halogenated alkanes) is 10. The van der Waals surface area contributed by atoms with Crippen molar-refractivity contribution in [2.45, 2.75) is 148 Å². The number of likely N-dealkylation sites (N-methyl/N-ethyl adjacent to an activating group) is 1. The van der Waals surface area contributed by atoms with Gasteiger partial charge in [0.1, 0.15) is 19.3 Å². The Morgan fingerprint density at radius 2 is 1.05 bits per heavy atom. The summed E-state index contributed by atoms with van der Waals surface area (Å²) in [6, 6.07) is 0. The van der Waals surface area contributed by atoms with Gasteiger partial charge >= 0.3 is 13.8 Å². The van der Waals surface area contributed by atoms with Crippen LogP contribution in [-0.4, -0.2) is 75.6 Å². The topological polar surface area (TPSA) is 91.3 Å². The summed E-state index contributed by atoms with van der Waals surface area (Å²) in [6.07, 6.45) is 50.5. The number of nitrogens with zero attached hydrogens (tertiary/aromatic N) is 1. The highest BCUT2D eigenvalue weighted by atomic mass is 31.2. The molecule has 2 unspecified atom stereocenters. The van der Waals surface area contributed by atoms with Gasteiger partial charge in [-0.05, 0) is 83.5 Å². The molecule has 0 rings (SSSR count). The lowest BCUT2D eigenvalue weighted by molar-refractivity contribution is -0.870. The first kappa shape index (κ1) is 52.7. The van der Waals surface area contributed by atoms with E-state index in [0.717, 1.165) is 64.2 Å². The number of esters is 1. The van der Waals surface area contributed by atoms with Crippen molar-refractivity contribution in [3.8, 4) is 0 Å². The molecule has 0 aliphatic heterocycles. The third-order valence-electron chi connectivity index (χ3n) is 8.44. The first-order valence-corrected chi connectivity index (χ1v) is 22.8. The molecule has 0 heterocycles. The Labute approximate surface area is 337 Å². The summed E-state index contributed by atoms with van der Waals surface area (Å²) in [4.78, 5) is 22.8. The molecular weight excluding hydrogens is 709 g/mol. The van der Waals surface area contributed by atoms with E-state index in [1.165, 1.54) is 51.4 Å². The minimum absolute atomic E-state index is 0.0741. The molecule has 1 N–H and O–H groups in total. The van der Waals surface area contributed by atoms with Gasteiger partial charge in [-0.1, -0.05) is 137 Å². The van der Waals surface area contributed by atoms with Crippen LogP contribution in [0.5, 0.6) is 0 Å². The second-order valence-electron chi connectivity index (χ2n) is 15.0. The Morgan fingerprint density at radius 1 is 0.582 bits per heavy atom. The maximum atomic E-state index is 12.7. The zero-order valence-electron chi connectivity index (χ0n) is 35.6. The number of hydrogen-bond acceptors (Lipinski definition) is 6. The minimum Gasteiger partial charge on any atom is -0.457 e. The molecule has 0 spiro atoms. The van der Waals surface area contributed by atoms with Crippen molar-refractivity contribution in [3.05, 3.63) is 85.1 Å². The number of carbonyl (C=O) groups is 1. The SMILES string of the molecule is CC/C=C\C/C=C\C/C=C\C/C=C\C/C=C\C/C=C\CCCCC(=O)OC(COCCCCCCCC/C=C\CCCC)COP(=O)(O)OCC[N+](C)(C)C. The third-order valence-corrected chi connectivity index (χ3v) is 9.42. The van der Waals surface area contributed by atoms with Crippen LogP contribution in [0.2, 0.25) is 0 Å². The highest BCUT2D eigenvalue weighted by Crippen LogP contribution is 2.43. The van der Waals surface area contributed by atoms with E-state index in [9.17, 15) is 14.3 Å². The molecule has 0 aliphatic rings. The van der Waals surface area contributed by atoms with Crippen LogP contribution in [0.25, 0.3) is 0 Å². The maximum Gasteiger partial charge on any atom is 0.472 e. The van der Waals surface area contributed by atoms with Crippen LogP contribution in [-0.2, 0) is 27.9 Å². The number of ether oxygens (including phenoxy) is 2. The van der Waals surface area contributed by atoms with Gasteiger partial charge in [0.2, 0.25) is 0 Å². The van der Waals surface area contributed by atoms with Crippen molar-refractivity contribution in [1.82, 2.24) is 0 Å². The monoisotopic (exact) mass is 791 g/mol. The van der Waals surface area contributed by atoms with Gasteiger partial charge < -0.3 is 18.9 Å². The maximum absolute atomic E-state index is 12.7. The molecule has 0 fully saturated rings. The van der Waals surface area contributed by atoms with Crippen molar-refractivity contribution in [3.63, 3.8) is 0 Å². The smallest absolute Gasteiger partial charge is 0.457 e. The van der Waals surface area contributed by atoms with Crippen LogP contribution in [0.3, 0.4) is 0 Å². The van der Waals surface area contributed by atoms with Crippen molar-refractivity contribution >= 4 is 13.8 Å². The molecule has 0 amide bonds. The Morgan fingerprint density at radius 3 is 1.60 bits per heavy atom. The van der Waals surface area contributed by atoms with E-state index in [1.54, 1.807) is 0 Å². The van der Waals surface area contributed by atoms with E-state index >= 15 is 0 Å². The summed E-state index contributed by atoms with van der Waals surface area (Å²) >= 11 is 0. The van der Waals surface area contributed by atoms with Crippen LogP contribution >= 0.6 is 7.82 Å². The van der Waals surface area contributed by atoms with E-state index in [4.69, 9.17) is 18.5 Å². The average Bonchev–Trinajstić information content (AvgIpc) is 3.13. The first-order valence-electron chi connectivity index (χ1n) is 21.3. The number of allylic oxidation sites excluding steroid dienone is 14. The van der Waals surface area contributed by atoms with E-state index in [2.05, 4.69) is 98.9 Å². The van der Waals surface area contributed by atoms with Gasteiger partial charge in [0, 0.05) is 13.0 Å². The molecule has 0 saturated carbocycles. The van der Waals surface area contributed by atoms with Crippen molar-refractivity contribution in [1.29, 1.82) is 0 Å². The van der Waals surface area contributed by atoms with E-state index in [0.29, 0.717) is 24.1 Å². The van der Waals surface area contributed by atoms with E-state index in [1.807, 2.05) is 21.1 Å². The zero-order chi connectivity index (χ0) is 40.6. The Kier molecular flexibility index (Phi) is 36.9. The summed E-state index contributed by atoms with van der Waals surface area (Å²) in [7, 11) is 1.62. The van der Waals surface area contributed by atoms with Gasteiger partial charge in [0.05, 0.1) is 34.4 Å². The fraction of sp³-hybridized carbons (Fsp3) is 0.674. The van der Waals surface area contributed by atoms with Gasteiger partial charge in [0.15, 0.2) is 0 Å². The standard InChI is InChI=1S/C46H80NO7P/c1-6-8-10-12-14-16-18-20-21-22-23-24-25-26-27-28-29-31-33-35-37-39-46(48)54-45(44-53-55(49,50)52-42-40-47(3,4)5)43-51-41-38-36-34-32-30-19-17-15-13-11-9-7-2/h8,10,13-16,20-21,23-24,26-27,29,31,45H,6-7,9,11-12,17-19,22,25,28,30,32-44H2,1-5H3/p+1/b10-8-,15-13-,16-14-,21-20-,24-23-,27-26-,31-29-. The van der Waals surface area contributed by atoms with Gasteiger partial charge in [-0.15, -0.1) is 0 Å². The van der Waals surface area contributed by atoms with Crippen molar-refractivity contribution in [2.24, 2.45) is 0 Å². The van der Waals surface area contributed by atoms with Crippen LogP contribution in [0.1, 0.15) is 142 Å². The highest BCUT2D eigenvalue weighted by molar-refractivity contribution is 7.47. The lowest BCUT2D eigenvalue weighted by Gasteiger charge is -2.24. The molecular formula is C46H81NO7P+. The summed E-state index contributed by atoms with van der Waals surface area (Å²) in [5.74, 6) is -0.362. The third kappa shape index (κ3) is 42.7. The summed E-state index contributed by atoms with van der Waals surface area (Å²) < 4.78 is 34.9. The number of quaternary nitrogens is 1. The molecule has 9 heteroatoms.